The Hall–Kier alpha value is -3.05. The molecule has 4 aliphatic carbocycles. The molecule has 2 N–H and O–H groups in total. The Morgan fingerprint density at radius 1 is 0.949 bits per heavy atom. The predicted octanol–water partition coefficient (Wildman–Crippen LogP) is 1.18. The molecule has 9 atom stereocenters. The van der Waals surface area contributed by atoms with Gasteiger partial charge in [0.2, 0.25) is 0 Å². The van der Waals surface area contributed by atoms with Gasteiger partial charge < -0.3 is 29.2 Å². The van der Waals surface area contributed by atoms with Crippen molar-refractivity contribution in [2.75, 3.05) is 6.61 Å². The number of esters is 4. The van der Waals surface area contributed by atoms with Gasteiger partial charge in [-0.25, -0.2) is 0 Å². The number of fused-ring (bicyclic) bond motifs is 5. The van der Waals surface area contributed by atoms with E-state index in [1.54, 1.807) is 20.8 Å². The van der Waals surface area contributed by atoms with E-state index in [1.807, 2.05) is 0 Å². The number of aliphatic hydroxyl groups is 2. The Balaban J connectivity index is 2.05. The summed E-state index contributed by atoms with van der Waals surface area (Å²) in [5.41, 5.74) is -6.35. The van der Waals surface area contributed by atoms with Gasteiger partial charge in [0.1, 0.15) is 18.8 Å². The fraction of sp³-hybridized carbons (Fsp3) is 0.679. The molecular formula is C28H36O11. The van der Waals surface area contributed by atoms with E-state index < -0.39 is 94.4 Å². The molecule has 4 aliphatic rings. The van der Waals surface area contributed by atoms with Crippen LogP contribution in [-0.2, 0) is 42.9 Å². The van der Waals surface area contributed by atoms with Crippen molar-refractivity contribution in [1.29, 1.82) is 0 Å². The van der Waals surface area contributed by atoms with Crippen LogP contribution in [0.25, 0.3) is 0 Å². The van der Waals surface area contributed by atoms with Crippen LogP contribution in [0.4, 0.5) is 0 Å². The molecule has 0 heterocycles. The first kappa shape index (κ1) is 28.9. The summed E-state index contributed by atoms with van der Waals surface area (Å²) in [5.74, 6) is -7.50. The Bertz CT molecular complexity index is 1210. The molecule has 39 heavy (non-hydrogen) atoms. The third kappa shape index (κ3) is 3.88. The number of hydrogen-bond acceptors (Lipinski definition) is 11. The molecular weight excluding hydrogens is 512 g/mol. The van der Waals surface area contributed by atoms with Gasteiger partial charge in [0.25, 0.3) is 0 Å². The molecule has 214 valence electrons. The van der Waals surface area contributed by atoms with Crippen LogP contribution in [0.3, 0.4) is 0 Å². The van der Waals surface area contributed by atoms with E-state index in [0.717, 1.165) is 0 Å². The zero-order valence-electron chi connectivity index (χ0n) is 23.4. The second-order valence-corrected chi connectivity index (χ2v) is 11.8. The van der Waals surface area contributed by atoms with Gasteiger partial charge in [-0.2, -0.15) is 0 Å². The molecule has 0 aromatic rings. The summed E-state index contributed by atoms with van der Waals surface area (Å²) in [7, 11) is 0. The molecule has 2 saturated carbocycles. The number of ether oxygens (including phenoxy) is 4. The maximum absolute atomic E-state index is 13.4. The summed E-state index contributed by atoms with van der Waals surface area (Å²) in [5, 5.41) is 24.8. The van der Waals surface area contributed by atoms with Crippen LogP contribution in [-0.4, -0.2) is 75.5 Å². The van der Waals surface area contributed by atoms with Gasteiger partial charge in [-0.15, -0.1) is 0 Å². The highest BCUT2D eigenvalue weighted by molar-refractivity contribution is 6.06. The van der Waals surface area contributed by atoms with Gasteiger partial charge >= 0.3 is 23.9 Å². The zero-order chi connectivity index (χ0) is 29.5. The number of hydrogen-bond donors (Lipinski definition) is 2. The summed E-state index contributed by atoms with van der Waals surface area (Å²) in [6, 6.07) is 0. The lowest BCUT2D eigenvalue weighted by molar-refractivity contribution is -0.241. The maximum atomic E-state index is 13.4. The third-order valence-corrected chi connectivity index (χ3v) is 9.21. The molecule has 0 radical (unpaired) electrons. The second-order valence-electron chi connectivity index (χ2n) is 11.8. The average Bonchev–Trinajstić information content (AvgIpc) is 3.20. The number of Topliss-reactive ketones (excluding diaryl/α,β-unsaturated/α-hetero) is 1. The topological polar surface area (TPSA) is 163 Å². The van der Waals surface area contributed by atoms with E-state index in [-0.39, 0.29) is 11.1 Å². The third-order valence-electron chi connectivity index (χ3n) is 9.21. The van der Waals surface area contributed by atoms with E-state index in [1.165, 1.54) is 46.8 Å². The van der Waals surface area contributed by atoms with Crippen LogP contribution in [0, 0.1) is 29.1 Å². The number of rotatable bonds is 5. The average molecular weight is 549 g/mol. The molecule has 9 unspecified atom stereocenters. The normalized spacial score (nSPS) is 41.4. The molecule has 0 aliphatic heterocycles. The van der Waals surface area contributed by atoms with Gasteiger partial charge in [0.15, 0.2) is 17.0 Å². The Labute approximate surface area is 226 Å². The first-order chi connectivity index (χ1) is 17.9. The number of ketones is 1. The van der Waals surface area contributed by atoms with Gasteiger partial charge in [0.05, 0.1) is 5.60 Å². The van der Waals surface area contributed by atoms with E-state index in [2.05, 4.69) is 0 Å². The van der Waals surface area contributed by atoms with Crippen molar-refractivity contribution in [3.8, 4) is 0 Å². The number of carbonyl (C=O) groups excluding carboxylic acids is 5. The van der Waals surface area contributed by atoms with Crippen molar-refractivity contribution in [3.05, 3.63) is 23.3 Å². The van der Waals surface area contributed by atoms with Crippen LogP contribution >= 0.6 is 0 Å². The Morgan fingerprint density at radius 3 is 2.05 bits per heavy atom. The van der Waals surface area contributed by atoms with Gasteiger partial charge in [-0.05, 0) is 18.6 Å². The van der Waals surface area contributed by atoms with Gasteiger partial charge in [-0.1, -0.05) is 26.8 Å². The van der Waals surface area contributed by atoms with Gasteiger partial charge in [0, 0.05) is 62.4 Å². The van der Waals surface area contributed by atoms with Crippen molar-refractivity contribution in [1.82, 2.24) is 0 Å². The molecule has 0 spiro atoms. The van der Waals surface area contributed by atoms with E-state index in [9.17, 15) is 34.2 Å². The van der Waals surface area contributed by atoms with E-state index in [4.69, 9.17) is 18.9 Å². The first-order valence-corrected chi connectivity index (χ1v) is 12.9. The minimum Gasteiger partial charge on any atom is -0.461 e. The highest BCUT2D eigenvalue weighted by Crippen LogP contribution is 2.77. The summed E-state index contributed by atoms with van der Waals surface area (Å²) in [6.07, 6.45) is 0.226. The summed E-state index contributed by atoms with van der Waals surface area (Å²) in [6.45, 7) is 11.0. The summed E-state index contributed by atoms with van der Waals surface area (Å²) >= 11 is 0. The molecule has 4 rings (SSSR count). The number of carbonyl (C=O) groups is 5. The monoisotopic (exact) mass is 548 g/mol. The summed E-state index contributed by atoms with van der Waals surface area (Å²) in [4.78, 5) is 62.3. The van der Waals surface area contributed by atoms with E-state index >= 15 is 0 Å². The van der Waals surface area contributed by atoms with Crippen LogP contribution in [0.15, 0.2) is 23.3 Å². The standard InChI is InChI=1S/C28H36O11/c1-12-9-19-26(34,23(12)33)10-18(11-36-14(3)29)21(37-15(4)30)20-22-25(7,8)28(22,39-17(6)32)24(38-16(5)31)13(2)27(19,20)35/h9-10,13,19-22,24,34-35H,11H2,1-8H3. The SMILES string of the molecule is CC(=O)OCC1=CC2(O)C(=O)C(C)=CC2C2(O)C(C)C(OC(C)=O)C3(OC(C)=O)C(C2C1OC(C)=O)C3(C)C. The van der Waals surface area contributed by atoms with Gasteiger partial charge in [-0.3, -0.25) is 24.0 Å². The fourth-order valence-electron chi connectivity index (χ4n) is 7.79. The fourth-order valence-corrected chi connectivity index (χ4v) is 7.79. The lowest BCUT2D eigenvalue weighted by Gasteiger charge is -2.54. The molecule has 2 fully saturated rings. The molecule has 11 nitrogen and oxygen atoms in total. The van der Waals surface area contributed by atoms with Crippen LogP contribution < -0.4 is 0 Å². The lowest BCUT2D eigenvalue weighted by Crippen LogP contribution is -2.68. The summed E-state index contributed by atoms with van der Waals surface area (Å²) < 4.78 is 22.7. The highest BCUT2D eigenvalue weighted by atomic mass is 16.6. The minimum atomic E-state index is -2.28. The Kier molecular flexibility index (Phi) is 6.67. The Morgan fingerprint density at radius 2 is 1.54 bits per heavy atom. The second kappa shape index (κ2) is 8.99. The first-order valence-electron chi connectivity index (χ1n) is 12.9. The zero-order valence-corrected chi connectivity index (χ0v) is 23.4. The molecule has 0 saturated heterocycles. The quantitative estimate of drug-likeness (QED) is 0.288. The van der Waals surface area contributed by atoms with Crippen molar-refractivity contribution < 1.29 is 53.1 Å². The minimum absolute atomic E-state index is 0.0998. The van der Waals surface area contributed by atoms with Crippen LogP contribution in [0.1, 0.15) is 55.4 Å². The molecule has 0 bridgehead atoms. The molecule has 0 aromatic heterocycles. The lowest BCUT2D eigenvalue weighted by atomic mass is 9.57. The van der Waals surface area contributed by atoms with Crippen molar-refractivity contribution in [2.24, 2.45) is 29.1 Å². The molecule has 11 heteroatoms. The van der Waals surface area contributed by atoms with Crippen molar-refractivity contribution >= 4 is 29.7 Å². The maximum Gasteiger partial charge on any atom is 0.303 e. The predicted molar refractivity (Wildman–Crippen MR) is 132 cm³/mol. The van der Waals surface area contributed by atoms with Crippen LogP contribution in [0.5, 0.6) is 0 Å². The van der Waals surface area contributed by atoms with Crippen LogP contribution in [0.2, 0.25) is 0 Å². The van der Waals surface area contributed by atoms with E-state index in [0.29, 0.717) is 0 Å². The highest BCUT2D eigenvalue weighted by Gasteiger charge is 2.89. The smallest absolute Gasteiger partial charge is 0.303 e. The molecule has 0 aromatic carbocycles. The van der Waals surface area contributed by atoms with Crippen molar-refractivity contribution in [3.63, 3.8) is 0 Å². The van der Waals surface area contributed by atoms with Crippen molar-refractivity contribution in [2.45, 2.75) is 84.4 Å². The molecule has 0 amide bonds. The largest absolute Gasteiger partial charge is 0.461 e.